The van der Waals surface area contributed by atoms with Gasteiger partial charge in [-0.15, -0.1) is 0 Å². The molecule has 1 aromatic heterocycles. The van der Waals surface area contributed by atoms with E-state index < -0.39 is 0 Å². The Hall–Kier alpha value is -1.46. The summed E-state index contributed by atoms with van der Waals surface area (Å²) >= 11 is 3.37. The maximum absolute atomic E-state index is 12.1. The van der Waals surface area contributed by atoms with E-state index in [0.717, 1.165) is 15.7 Å². The quantitative estimate of drug-likeness (QED) is 0.940. The van der Waals surface area contributed by atoms with Crippen LogP contribution in [0.1, 0.15) is 16.1 Å². The van der Waals surface area contributed by atoms with Gasteiger partial charge in [0, 0.05) is 22.8 Å². The molecular weight excluding hydrogens is 294 g/mol. The second-order valence-electron chi connectivity index (χ2n) is 3.99. The first-order valence-electron chi connectivity index (χ1n) is 5.69. The van der Waals surface area contributed by atoms with E-state index in [1.54, 1.807) is 17.1 Å². The molecule has 0 spiro atoms. The van der Waals surface area contributed by atoms with Crippen molar-refractivity contribution in [3.63, 3.8) is 0 Å². The molecule has 94 valence electrons. The van der Waals surface area contributed by atoms with Crippen molar-refractivity contribution in [3.05, 3.63) is 52.5 Å². The molecule has 0 saturated heterocycles. The summed E-state index contributed by atoms with van der Waals surface area (Å²) in [6, 6.07) is 7.72. The molecule has 0 amide bonds. The molecule has 0 radical (unpaired) electrons. The van der Waals surface area contributed by atoms with Crippen LogP contribution in [0.25, 0.3) is 0 Å². The Kier molecular flexibility index (Phi) is 4.28. The van der Waals surface area contributed by atoms with E-state index in [9.17, 15) is 4.79 Å². The Labute approximate surface area is 114 Å². The smallest absolute Gasteiger partial charge is 0.236 e. The van der Waals surface area contributed by atoms with Crippen LogP contribution in [0.15, 0.2) is 41.3 Å². The highest BCUT2D eigenvalue weighted by Gasteiger charge is 2.10. The van der Waals surface area contributed by atoms with Crippen molar-refractivity contribution in [2.75, 3.05) is 6.54 Å². The van der Waals surface area contributed by atoms with Crippen LogP contribution in [0.3, 0.4) is 0 Å². The number of hydrogen-bond donors (Lipinski definition) is 1. The number of nitrogens with zero attached hydrogens (tertiary/aromatic N) is 2. The maximum atomic E-state index is 12.1. The van der Waals surface area contributed by atoms with Gasteiger partial charge < -0.3 is 5.73 Å². The summed E-state index contributed by atoms with van der Waals surface area (Å²) in [4.78, 5) is 16.1. The average Bonchev–Trinajstić information content (AvgIpc) is 2.81. The number of aromatic nitrogens is 2. The molecule has 0 atom stereocenters. The van der Waals surface area contributed by atoms with E-state index in [4.69, 9.17) is 5.73 Å². The summed E-state index contributed by atoms with van der Waals surface area (Å²) in [5.74, 6) is 0.0123. The van der Waals surface area contributed by atoms with Crippen LogP contribution in [0, 0.1) is 0 Å². The Balaban J connectivity index is 2.11. The minimum Gasteiger partial charge on any atom is -0.330 e. The first-order chi connectivity index (χ1) is 8.70. The monoisotopic (exact) mass is 307 g/mol. The zero-order valence-electron chi connectivity index (χ0n) is 9.84. The number of nitrogens with two attached hydrogens (primary N) is 1. The van der Waals surface area contributed by atoms with Gasteiger partial charge >= 0.3 is 0 Å². The minimum absolute atomic E-state index is 0.0123. The van der Waals surface area contributed by atoms with E-state index >= 15 is 0 Å². The second-order valence-corrected chi connectivity index (χ2v) is 4.91. The minimum atomic E-state index is 0.0123. The molecule has 0 aliphatic carbocycles. The van der Waals surface area contributed by atoms with Crippen LogP contribution < -0.4 is 5.73 Å². The van der Waals surface area contributed by atoms with E-state index in [1.165, 1.54) is 0 Å². The topological polar surface area (TPSA) is 60.9 Å². The molecule has 1 heterocycles. The Morgan fingerprint density at radius 1 is 1.33 bits per heavy atom. The third kappa shape index (κ3) is 3.05. The fourth-order valence-corrected chi connectivity index (χ4v) is 2.01. The van der Waals surface area contributed by atoms with Crippen LogP contribution in [0.5, 0.6) is 0 Å². The molecule has 0 aliphatic rings. The van der Waals surface area contributed by atoms with Gasteiger partial charge in [-0.05, 0) is 24.2 Å². The van der Waals surface area contributed by atoms with Gasteiger partial charge in [-0.2, -0.15) is 0 Å². The van der Waals surface area contributed by atoms with Crippen molar-refractivity contribution >= 4 is 21.8 Å². The zero-order valence-corrected chi connectivity index (χ0v) is 11.4. The number of imidazole rings is 1. The summed E-state index contributed by atoms with van der Waals surface area (Å²) in [5.41, 5.74) is 7.34. The fraction of sp³-hybridized carbons (Fsp3) is 0.231. The molecular formula is C13H14BrN3O. The van der Waals surface area contributed by atoms with Crippen molar-refractivity contribution in [3.8, 4) is 0 Å². The third-order valence-electron chi connectivity index (χ3n) is 2.65. The first-order valence-corrected chi connectivity index (χ1v) is 6.49. The molecule has 4 nitrogen and oxygen atoms in total. The molecule has 5 heteroatoms. The van der Waals surface area contributed by atoms with E-state index in [-0.39, 0.29) is 5.91 Å². The zero-order chi connectivity index (χ0) is 13.0. The Morgan fingerprint density at radius 2 is 2.06 bits per heavy atom. The largest absolute Gasteiger partial charge is 0.330 e. The average molecular weight is 308 g/mol. The van der Waals surface area contributed by atoms with Gasteiger partial charge in [-0.25, -0.2) is 4.98 Å². The van der Waals surface area contributed by atoms with Gasteiger partial charge in [0.05, 0.1) is 6.42 Å². The van der Waals surface area contributed by atoms with Crippen molar-refractivity contribution in [1.82, 2.24) is 9.55 Å². The molecule has 0 fully saturated rings. The molecule has 0 unspecified atom stereocenters. The molecule has 1 aromatic carbocycles. The van der Waals surface area contributed by atoms with E-state index in [1.807, 2.05) is 24.3 Å². The summed E-state index contributed by atoms with van der Waals surface area (Å²) in [6.07, 6.45) is 4.26. The summed E-state index contributed by atoms with van der Waals surface area (Å²) in [6.45, 7) is 0.511. The van der Waals surface area contributed by atoms with Crippen molar-refractivity contribution in [2.45, 2.75) is 12.8 Å². The van der Waals surface area contributed by atoms with Gasteiger partial charge in [0.1, 0.15) is 6.33 Å². The van der Waals surface area contributed by atoms with Crippen LogP contribution in [0.4, 0.5) is 0 Å². The molecule has 2 aromatic rings. The lowest BCUT2D eigenvalue weighted by Crippen LogP contribution is -2.17. The number of halogens is 1. The SMILES string of the molecule is NCCc1cncn1C(=O)Cc1ccc(Br)cc1. The fourth-order valence-electron chi connectivity index (χ4n) is 1.74. The van der Waals surface area contributed by atoms with Crippen molar-refractivity contribution < 1.29 is 4.79 Å². The normalized spacial score (nSPS) is 10.6. The van der Waals surface area contributed by atoms with Crippen molar-refractivity contribution in [1.29, 1.82) is 0 Å². The van der Waals surface area contributed by atoms with Gasteiger partial charge in [-0.1, -0.05) is 28.1 Å². The van der Waals surface area contributed by atoms with Gasteiger partial charge in [0.2, 0.25) is 5.91 Å². The number of hydrogen-bond acceptors (Lipinski definition) is 3. The van der Waals surface area contributed by atoms with Gasteiger partial charge in [0.25, 0.3) is 0 Å². The predicted octanol–water partition coefficient (Wildman–Crippen LogP) is 2.03. The van der Waals surface area contributed by atoms with Gasteiger partial charge in [0.15, 0.2) is 0 Å². The molecule has 2 N–H and O–H groups in total. The number of benzene rings is 1. The molecule has 2 rings (SSSR count). The first kappa shape index (κ1) is 13.0. The standard InChI is InChI=1S/C13H14BrN3O/c14-11-3-1-10(2-4-11)7-13(18)17-9-16-8-12(17)5-6-15/h1-4,8-9H,5-7,15H2. The van der Waals surface area contributed by atoms with Crippen LogP contribution in [-0.4, -0.2) is 22.0 Å². The number of carbonyl (C=O) groups excluding carboxylic acids is 1. The summed E-state index contributed by atoms with van der Waals surface area (Å²) < 4.78 is 2.58. The lowest BCUT2D eigenvalue weighted by molar-refractivity contribution is 0.0911. The highest BCUT2D eigenvalue weighted by atomic mass is 79.9. The van der Waals surface area contributed by atoms with Crippen molar-refractivity contribution in [2.24, 2.45) is 5.73 Å². The predicted molar refractivity (Wildman–Crippen MR) is 73.5 cm³/mol. The molecule has 0 saturated carbocycles. The summed E-state index contributed by atoms with van der Waals surface area (Å²) in [7, 11) is 0. The second kappa shape index (κ2) is 5.93. The third-order valence-corrected chi connectivity index (χ3v) is 3.18. The van der Waals surface area contributed by atoms with Gasteiger partial charge in [-0.3, -0.25) is 9.36 Å². The van der Waals surface area contributed by atoms with E-state index in [0.29, 0.717) is 19.4 Å². The summed E-state index contributed by atoms with van der Waals surface area (Å²) in [5, 5.41) is 0. The van der Waals surface area contributed by atoms with Crippen LogP contribution in [0.2, 0.25) is 0 Å². The maximum Gasteiger partial charge on any atom is 0.236 e. The number of carbonyl (C=O) groups is 1. The molecule has 0 aliphatic heterocycles. The molecule has 18 heavy (non-hydrogen) atoms. The van der Waals surface area contributed by atoms with Crippen LogP contribution >= 0.6 is 15.9 Å². The lowest BCUT2D eigenvalue weighted by Gasteiger charge is -2.06. The van der Waals surface area contributed by atoms with Crippen LogP contribution in [-0.2, 0) is 12.8 Å². The Morgan fingerprint density at radius 3 is 2.72 bits per heavy atom. The highest BCUT2D eigenvalue weighted by molar-refractivity contribution is 9.10. The Bertz CT molecular complexity index is 533. The number of rotatable bonds is 4. The van der Waals surface area contributed by atoms with E-state index in [2.05, 4.69) is 20.9 Å². The highest BCUT2D eigenvalue weighted by Crippen LogP contribution is 2.12. The lowest BCUT2D eigenvalue weighted by atomic mass is 10.1. The molecule has 0 bridgehead atoms.